The standard InChI is InChI=1S/C17H14F3NO/c1-11(16(21)22)15(12-5-3-2-4-6-12)13-7-9-14(10-8-13)17(18,19)20/h2-10,15H,1H2,(H2,21,22). The number of alkyl halides is 3. The van der Waals surface area contributed by atoms with Gasteiger partial charge in [0.2, 0.25) is 5.91 Å². The molecule has 2 rings (SSSR count). The molecule has 2 aromatic rings. The molecular weight excluding hydrogens is 291 g/mol. The average Bonchev–Trinajstić information content (AvgIpc) is 2.48. The molecule has 1 unspecified atom stereocenters. The number of halogens is 3. The zero-order chi connectivity index (χ0) is 16.3. The van der Waals surface area contributed by atoms with Crippen molar-refractivity contribution in [3.8, 4) is 0 Å². The molecule has 0 saturated heterocycles. The maximum atomic E-state index is 12.6. The highest BCUT2D eigenvalue weighted by Crippen LogP contribution is 2.34. The van der Waals surface area contributed by atoms with Crippen LogP contribution in [-0.4, -0.2) is 5.91 Å². The van der Waals surface area contributed by atoms with E-state index in [0.717, 1.165) is 17.7 Å². The van der Waals surface area contributed by atoms with Gasteiger partial charge in [-0.3, -0.25) is 4.79 Å². The van der Waals surface area contributed by atoms with Gasteiger partial charge in [0.05, 0.1) is 5.56 Å². The molecule has 1 amide bonds. The molecule has 1 atom stereocenters. The smallest absolute Gasteiger partial charge is 0.366 e. The Hall–Kier alpha value is -2.56. The van der Waals surface area contributed by atoms with E-state index in [1.807, 2.05) is 0 Å². The Labute approximate surface area is 126 Å². The number of carbonyl (C=O) groups excluding carboxylic acids is 1. The first-order chi connectivity index (χ1) is 10.3. The highest BCUT2D eigenvalue weighted by Gasteiger charge is 2.30. The topological polar surface area (TPSA) is 43.1 Å². The Balaban J connectivity index is 2.46. The summed E-state index contributed by atoms with van der Waals surface area (Å²) >= 11 is 0. The van der Waals surface area contributed by atoms with Crippen LogP contribution >= 0.6 is 0 Å². The lowest BCUT2D eigenvalue weighted by Gasteiger charge is -2.19. The second-order valence-corrected chi connectivity index (χ2v) is 4.85. The van der Waals surface area contributed by atoms with Gasteiger partial charge in [-0.05, 0) is 23.3 Å². The first kappa shape index (κ1) is 15.8. The van der Waals surface area contributed by atoms with Crippen LogP contribution in [0.25, 0.3) is 0 Å². The molecule has 22 heavy (non-hydrogen) atoms. The summed E-state index contributed by atoms with van der Waals surface area (Å²) in [5, 5.41) is 0. The van der Waals surface area contributed by atoms with Gasteiger partial charge in [0.15, 0.2) is 0 Å². The molecular formula is C17H14F3NO. The predicted octanol–water partition coefficient (Wildman–Crippen LogP) is 3.88. The summed E-state index contributed by atoms with van der Waals surface area (Å²) in [6.07, 6.45) is -4.40. The molecule has 5 heteroatoms. The number of carbonyl (C=O) groups is 1. The Morgan fingerprint density at radius 1 is 0.955 bits per heavy atom. The van der Waals surface area contributed by atoms with Gasteiger partial charge in [-0.1, -0.05) is 49.0 Å². The molecule has 0 aromatic heterocycles. The van der Waals surface area contributed by atoms with Gasteiger partial charge in [-0.25, -0.2) is 0 Å². The molecule has 0 radical (unpaired) electrons. The van der Waals surface area contributed by atoms with Crippen molar-refractivity contribution in [3.05, 3.63) is 83.4 Å². The molecule has 0 aliphatic heterocycles. The fourth-order valence-electron chi connectivity index (χ4n) is 2.25. The minimum Gasteiger partial charge on any atom is -0.366 e. The molecule has 0 saturated carbocycles. The van der Waals surface area contributed by atoms with Crippen LogP contribution in [0, 0.1) is 0 Å². The number of rotatable bonds is 4. The van der Waals surface area contributed by atoms with E-state index in [1.165, 1.54) is 12.1 Å². The minimum atomic E-state index is -4.40. The van der Waals surface area contributed by atoms with Crippen molar-refractivity contribution in [1.82, 2.24) is 0 Å². The third-order valence-corrected chi connectivity index (χ3v) is 3.37. The maximum absolute atomic E-state index is 12.6. The number of hydrogen-bond acceptors (Lipinski definition) is 1. The zero-order valence-electron chi connectivity index (χ0n) is 11.6. The average molecular weight is 305 g/mol. The highest BCUT2D eigenvalue weighted by molar-refractivity contribution is 5.93. The van der Waals surface area contributed by atoms with E-state index in [9.17, 15) is 18.0 Å². The summed E-state index contributed by atoms with van der Waals surface area (Å²) in [5.74, 6) is -1.25. The van der Waals surface area contributed by atoms with Crippen molar-refractivity contribution in [2.45, 2.75) is 12.1 Å². The molecule has 114 valence electrons. The minimum absolute atomic E-state index is 0.131. The predicted molar refractivity (Wildman–Crippen MR) is 78.1 cm³/mol. The lowest BCUT2D eigenvalue weighted by Crippen LogP contribution is -2.19. The zero-order valence-corrected chi connectivity index (χ0v) is 11.6. The Bertz CT molecular complexity index is 675. The number of amides is 1. The molecule has 2 nitrogen and oxygen atoms in total. The van der Waals surface area contributed by atoms with Crippen LogP contribution in [-0.2, 0) is 11.0 Å². The largest absolute Gasteiger partial charge is 0.416 e. The quantitative estimate of drug-likeness (QED) is 0.856. The maximum Gasteiger partial charge on any atom is 0.416 e. The summed E-state index contributed by atoms with van der Waals surface area (Å²) in [6.45, 7) is 3.68. The van der Waals surface area contributed by atoms with Crippen LogP contribution in [0.4, 0.5) is 13.2 Å². The lowest BCUT2D eigenvalue weighted by atomic mass is 9.85. The van der Waals surface area contributed by atoms with Crippen LogP contribution in [0.5, 0.6) is 0 Å². The van der Waals surface area contributed by atoms with Crippen molar-refractivity contribution >= 4 is 5.91 Å². The summed E-state index contributed by atoms with van der Waals surface area (Å²) in [4.78, 5) is 11.5. The Morgan fingerprint density at radius 2 is 1.45 bits per heavy atom. The van der Waals surface area contributed by atoms with Gasteiger partial charge >= 0.3 is 6.18 Å². The van der Waals surface area contributed by atoms with Crippen LogP contribution in [0.1, 0.15) is 22.6 Å². The molecule has 0 fully saturated rings. The molecule has 0 spiro atoms. The van der Waals surface area contributed by atoms with E-state index < -0.39 is 23.6 Å². The van der Waals surface area contributed by atoms with E-state index in [1.54, 1.807) is 30.3 Å². The van der Waals surface area contributed by atoms with E-state index in [-0.39, 0.29) is 5.57 Å². The van der Waals surface area contributed by atoms with Gasteiger partial charge < -0.3 is 5.73 Å². The van der Waals surface area contributed by atoms with Crippen molar-refractivity contribution < 1.29 is 18.0 Å². The molecule has 2 aromatic carbocycles. The normalized spacial score (nSPS) is 12.7. The third kappa shape index (κ3) is 3.36. The monoisotopic (exact) mass is 305 g/mol. The summed E-state index contributed by atoms with van der Waals surface area (Å²) in [6, 6.07) is 13.6. The molecule has 0 aliphatic carbocycles. The molecule has 0 aliphatic rings. The summed E-state index contributed by atoms with van der Waals surface area (Å²) in [7, 11) is 0. The second-order valence-electron chi connectivity index (χ2n) is 4.85. The van der Waals surface area contributed by atoms with E-state index in [0.29, 0.717) is 5.56 Å². The fourth-order valence-corrected chi connectivity index (χ4v) is 2.25. The molecule has 0 bridgehead atoms. The van der Waals surface area contributed by atoms with Crippen molar-refractivity contribution in [2.24, 2.45) is 5.73 Å². The van der Waals surface area contributed by atoms with Crippen LogP contribution in [0.2, 0.25) is 0 Å². The summed E-state index contributed by atoms with van der Waals surface area (Å²) in [5.41, 5.74) is 5.95. The van der Waals surface area contributed by atoms with Crippen molar-refractivity contribution in [2.75, 3.05) is 0 Å². The van der Waals surface area contributed by atoms with Gasteiger partial charge in [0, 0.05) is 11.5 Å². The van der Waals surface area contributed by atoms with Crippen molar-refractivity contribution in [3.63, 3.8) is 0 Å². The Kier molecular flexibility index (Phi) is 4.35. The third-order valence-electron chi connectivity index (χ3n) is 3.37. The van der Waals surface area contributed by atoms with Crippen LogP contribution in [0.3, 0.4) is 0 Å². The van der Waals surface area contributed by atoms with E-state index in [4.69, 9.17) is 5.73 Å². The lowest BCUT2D eigenvalue weighted by molar-refractivity contribution is -0.137. The number of primary amides is 1. The van der Waals surface area contributed by atoms with Gasteiger partial charge in [0.25, 0.3) is 0 Å². The fraction of sp³-hybridized carbons (Fsp3) is 0.118. The molecule has 0 heterocycles. The van der Waals surface area contributed by atoms with Gasteiger partial charge in [-0.2, -0.15) is 13.2 Å². The van der Waals surface area contributed by atoms with E-state index >= 15 is 0 Å². The molecule has 2 N–H and O–H groups in total. The number of benzene rings is 2. The van der Waals surface area contributed by atoms with Crippen LogP contribution < -0.4 is 5.73 Å². The first-order valence-electron chi connectivity index (χ1n) is 6.51. The van der Waals surface area contributed by atoms with Crippen molar-refractivity contribution in [1.29, 1.82) is 0 Å². The van der Waals surface area contributed by atoms with E-state index in [2.05, 4.69) is 6.58 Å². The van der Waals surface area contributed by atoms with Gasteiger partial charge in [0.1, 0.15) is 0 Å². The Morgan fingerprint density at radius 3 is 1.91 bits per heavy atom. The number of hydrogen-bond donors (Lipinski definition) is 1. The van der Waals surface area contributed by atoms with Crippen LogP contribution in [0.15, 0.2) is 66.7 Å². The number of nitrogens with two attached hydrogens (primary N) is 1. The SMILES string of the molecule is C=C(C(N)=O)C(c1ccccc1)c1ccc(C(F)(F)F)cc1. The summed E-state index contributed by atoms with van der Waals surface area (Å²) < 4.78 is 37.9. The highest BCUT2D eigenvalue weighted by atomic mass is 19.4. The van der Waals surface area contributed by atoms with Gasteiger partial charge in [-0.15, -0.1) is 0 Å². The first-order valence-corrected chi connectivity index (χ1v) is 6.51. The second kappa shape index (κ2) is 6.05.